The van der Waals surface area contributed by atoms with E-state index in [1.54, 1.807) is 0 Å². The number of hydrogen-bond donors (Lipinski definition) is 2. The highest BCUT2D eigenvalue weighted by Gasteiger charge is 2.16. The fraction of sp³-hybridized carbons (Fsp3) is 0.625. The maximum absolute atomic E-state index is 11.9. The molecule has 1 heterocycles. The van der Waals surface area contributed by atoms with Gasteiger partial charge in [-0.2, -0.15) is 0 Å². The molecule has 1 unspecified atom stereocenters. The number of carbonyl (C=O) groups excluding carboxylic acids is 1. The highest BCUT2D eigenvalue weighted by Crippen LogP contribution is 2.22. The molecule has 0 fully saturated rings. The largest absolute Gasteiger partial charge is 0.494 e. The van der Waals surface area contributed by atoms with Crippen LogP contribution in [0.4, 0.5) is 4.79 Å². The molecule has 0 bridgehead atoms. The van der Waals surface area contributed by atoms with Crippen molar-refractivity contribution in [1.29, 1.82) is 0 Å². The number of aromatic amines is 1. The molecule has 0 saturated carbocycles. The molecule has 1 amide bonds. The average molecular weight is 403 g/mol. The van der Waals surface area contributed by atoms with Gasteiger partial charge in [0.25, 0.3) is 0 Å². The van der Waals surface area contributed by atoms with Gasteiger partial charge in [0.15, 0.2) is 0 Å². The zero-order valence-corrected chi connectivity index (χ0v) is 18.7. The third-order valence-electron chi connectivity index (χ3n) is 4.93. The van der Waals surface area contributed by atoms with Gasteiger partial charge < -0.3 is 19.8 Å². The lowest BCUT2D eigenvalue weighted by molar-refractivity contribution is 0.0524. The second-order valence-electron chi connectivity index (χ2n) is 9.27. The number of rotatable bonds is 11. The summed E-state index contributed by atoms with van der Waals surface area (Å²) in [6.45, 7) is 11.5. The molecule has 1 atom stereocenters. The summed E-state index contributed by atoms with van der Waals surface area (Å²) in [6, 6.07) is 8.19. The third kappa shape index (κ3) is 9.25. The summed E-state index contributed by atoms with van der Waals surface area (Å²) < 4.78 is 11.3. The Morgan fingerprint density at radius 2 is 1.90 bits per heavy atom. The first-order valence-corrected chi connectivity index (χ1v) is 10.9. The number of nitrogens with one attached hydrogen (secondary N) is 2. The van der Waals surface area contributed by atoms with Crippen LogP contribution in [0.2, 0.25) is 0 Å². The average Bonchev–Trinajstić information content (AvgIpc) is 3.07. The Kier molecular flexibility index (Phi) is 8.87. The Hall–Kier alpha value is -2.17. The number of fused-ring (bicyclic) bond motifs is 1. The van der Waals surface area contributed by atoms with E-state index in [1.165, 1.54) is 12.8 Å². The van der Waals surface area contributed by atoms with Crippen molar-refractivity contribution in [2.75, 3.05) is 13.2 Å². The van der Waals surface area contributed by atoms with Gasteiger partial charge in [-0.15, -0.1) is 0 Å². The van der Waals surface area contributed by atoms with Crippen molar-refractivity contribution in [3.05, 3.63) is 30.5 Å². The van der Waals surface area contributed by atoms with Crippen LogP contribution >= 0.6 is 0 Å². The van der Waals surface area contributed by atoms with Gasteiger partial charge in [-0.3, -0.25) is 0 Å². The Balaban J connectivity index is 1.78. The molecule has 0 aliphatic rings. The number of benzene rings is 1. The third-order valence-corrected chi connectivity index (χ3v) is 4.93. The smallest absolute Gasteiger partial charge is 0.407 e. The molecule has 1 aromatic heterocycles. The number of hydrogen-bond acceptors (Lipinski definition) is 3. The van der Waals surface area contributed by atoms with Gasteiger partial charge in [-0.25, -0.2) is 4.79 Å². The highest BCUT2D eigenvalue weighted by molar-refractivity contribution is 5.80. The van der Waals surface area contributed by atoms with E-state index < -0.39 is 5.60 Å². The van der Waals surface area contributed by atoms with Crippen LogP contribution < -0.4 is 10.1 Å². The van der Waals surface area contributed by atoms with Crippen LogP contribution in [0, 0.1) is 11.8 Å². The Morgan fingerprint density at radius 1 is 1.10 bits per heavy atom. The van der Waals surface area contributed by atoms with E-state index in [9.17, 15) is 4.79 Å². The summed E-state index contributed by atoms with van der Waals surface area (Å²) in [4.78, 5) is 15.1. The second kappa shape index (κ2) is 11.1. The van der Waals surface area contributed by atoms with E-state index in [4.69, 9.17) is 9.47 Å². The second-order valence-corrected chi connectivity index (χ2v) is 9.27. The first kappa shape index (κ1) is 23.1. The zero-order valence-electron chi connectivity index (χ0n) is 18.7. The molecule has 29 heavy (non-hydrogen) atoms. The molecule has 162 valence electrons. The van der Waals surface area contributed by atoms with E-state index in [-0.39, 0.29) is 6.09 Å². The van der Waals surface area contributed by atoms with Gasteiger partial charge in [0.2, 0.25) is 0 Å². The lowest BCUT2D eigenvalue weighted by atomic mass is 9.93. The molecule has 2 aromatic rings. The van der Waals surface area contributed by atoms with Crippen LogP contribution in [-0.2, 0) is 4.74 Å². The number of amides is 1. The molecule has 1 aromatic carbocycles. The van der Waals surface area contributed by atoms with Gasteiger partial charge >= 0.3 is 6.09 Å². The molecule has 5 nitrogen and oxygen atoms in total. The van der Waals surface area contributed by atoms with Crippen LogP contribution in [0.1, 0.15) is 66.7 Å². The van der Waals surface area contributed by atoms with E-state index in [1.807, 2.05) is 33.0 Å². The maximum Gasteiger partial charge on any atom is 0.407 e. The monoisotopic (exact) mass is 402 g/mol. The molecule has 2 N–H and O–H groups in total. The van der Waals surface area contributed by atoms with Gasteiger partial charge in [0.1, 0.15) is 11.4 Å². The van der Waals surface area contributed by atoms with Crippen LogP contribution in [0.5, 0.6) is 5.75 Å². The van der Waals surface area contributed by atoms with Gasteiger partial charge in [-0.1, -0.05) is 33.1 Å². The number of ether oxygens (including phenoxy) is 2. The van der Waals surface area contributed by atoms with Crippen molar-refractivity contribution in [2.45, 2.75) is 72.3 Å². The Morgan fingerprint density at radius 3 is 2.62 bits per heavy atom. The van der Waals surface area contributed by atoms with Gasteiger partial charge in [-0.05, 0) is 69.7 Å². The molecular weight excluding hydrogens is 364 g/mol. The van der Waals surface area contributed by atoms with Crippen LogP contribution in [-0.4, -0.2) is 29.8 Å². The molecule has 5 heteroatoms. The van der Waals surface area contributed by atoms with E-state index in [0.29, 0.717) is 19.1 Å². The van der Waals surface area contributed by atoms with Crippen molar-refractivity contribution >= 4 is 17.0 Å². The van der Waals surface area contributed by atoms with E-state index >= 15 is 0 Å². The van der Waals surface area contributed by atoms with Crippen LogP contribution in [0.15, 0.2) is 30.5 Å². The quantitative estimate of drug-likeness (QED) is 0.464. The van der Waals surface area contributed by atoms with E-state index in [2.05, 4.69) is 42.3 Å². The summed E-state index contributed by atoms with van der Waals surface area (Å²) in [5.41, 5.74) is 0.659. The van der Waals surface area contributed by atoms with Crippen LogP contribution in [0.3, 0.4) is 0 Å². The minimum Gasteiger partial charge on any atom is -0.494 e. The van der Waals surface area contributed by atoms with Crippen molar-refractivity contribution in [3.63, 3.8) is 0 Å². The summed E-state index contributed by atoms with van der Waals surface area (Å²) in [5, 5.41) is 4.05. The first-order chi connectivity index (χ1) is 13.7. The Labute approximate surface area is 175 Å². The summed E-state index contributed by atoms with van der Waals surface area (Å²) >= 11 is 0. The van der Waals surface area contributed by atoms with Crippen molar-refractivity contribution in [1.82, 2.24) is 10.3 Å². The molecule has 0 radical (unpaired) electrons. The fourth-order valence-electron chi connectivity index (χ4n) is 3.40. The Bertz CT molecular complexity index is 746. The van der Waals surface area contributed by atoms with Crippen molar-refractivity contribution in [2.24, 2.45) is 11.8 Å². The summed E-state index contributed by atoms with van der Waals surface area (Å²) in [5.74, 6) is 2.16. The zero-order chi connectivity index (χ0) is 21.3. The minimum atomic E-state index is -0.463. The summed E-state index contributed by atoms with van der Waals surface area (Å²) in [6.07, 6.45) is 7.14. The number of H-pyrrole nitrogens is 1. The van der Waals surface area contributed by atoms with Gasteiger partial charge in [0, 0.05) is 23.6 Å². The predicted molar refractivity (Wildman–Crippen MR) is 119 cm³/mol. The van der Waals surface area contributed by atoms with Gasteiger partial charge in [0.05, 0.1) is 6.61 Å². The number of alkyl carbamates (subject to hydrolysis) is 1. The lowest BCUT2D eigenvalue weighted by Gasteiger charge is -2.21. The SMILES string of the molecule is CC(C)CCCC(CCNC(=O)OC(C)(C)C)CCOc1ccc2[nH]ccc2c1. The van der Waals surface area contributed by atoms with E-state index in [0.717, 1.165) is 41.8 Å². The molecule has 0 spiro atoms. The number of carbonyl (C=O) groups is 1. The standard InChI is InChI=1S/C24H38N2O3/c1-18(2)7-6-8-19(11-14-26-23(27)29-24(3,4)5)13-16-28-21-9-10-22-20(17-21)12-15-25-22/h9-10,12,15,17-19,25H,6-8,11,13-14,16H2,1-5H3,(H,26,27). The highest BCUT2D eigenvalue weighted by atomic mass is 16.6. The van der Waals surface area contributed by atoms with Crippen molar-refractivity contribution < 1.29 is 14.3 Å². The predicted octanol–water partition coefficient (Wildman–Crippen LogP) is 6.29. The molecule has 2 rings (SSSR count). The minimum absolute atomic E-state index is 0.338. The summed E-state index contributed by atoms with van der Waals surface area (Å²) in [7, 11) is 0. The molecule has 0 saturated heterocycles. The first-order valence-electron chi connectivity index (χ1n) is 10.9. The van der Waals surface area contributed by atoms with Crippen molar-refractivity contribution in [3.8, 4) is 5.75 Å². The fourth-order valence-corrected chi connectivity index (χ4v) is 3.40. The normalized spacial score (nSPS) is 12.9. The lowest BCUT2D eigenvalue weighted by Crippen LogP contribution is -2.33. The maximum atomic E-state index is 11.9. The molecule has 0 aliphatic heterocycles. The van der Waals surface area contributed by atoms with Crippen LogP contribution in [0.25, 0.3) is 10.9 Å². The molecular formula is C24H38N2O3. The number of aromatic nitrogens is 1. The molecule has 0 aliphatic carbocycles. The topological polar surface area (TPSA) is 63.4 Å².